The summed E-state index contributed by atoms with van der Waals surface area (Å²) in [6.45, 7) is 0. The number of carbonyl (C=O) groups excluding carboxylic acids is 1. The van der Waals surface area contributed by atoms with Crippen LogP contribution in [0.15, 0.2) is 30.9 Å². The van der Waals surface area contributed by atoms with Crippen molar-refractivity contribution < 1.29 is 4.79 Å². The van der Waals surface area contributed by atoms with Crippen molar-refractivity contribution in [3.8, 4) is 0 Å². The lowest BCUT2D eigenvalue weighted by Crippen LogP contribution is -2.13. The summed E-state index contributed by atoms with van der Waals surface area (Å²) in [5.41, 5.74) is 1.90. The van der Waals surface area contributed by atoms with E-state index < -0.39 is 0 Å². The fourth-order valence-electron chi connectivity index (χ4n) is 1.48. The molecule has 0 radical (unpaired) electrons. The van der Waals surface area contributed by atoms with Crippen molar-refractivity contribution in [2.75, 3.05) is 17.7 Å². The second-order valence-electron chi connectivity index (χ2n) is 3.53. The molecule has 0 aromatic carbocycles. The minimum Gasteiger partial charge on any atom is -0.386 e. The summed E-state index contributed by atoms with van der Waals surface area (Å²) < 4.78 is 1.63. The molecular weight excluding hydrogens is 218 g/mol. The van der Waals surface area contributed by atoms with E-state index in [1.165, 1.54) is 0 Å². The first-order chi connectivity index (χ1) is 8.20. The van der Waals surface area contributed by atoms with E-state index in [2.05, 4.69) is 20.7 Å². The maximum Gasteiger partial charge on any atom is 0.257 e. The second-order valence-corrected chi connectivity index (χ2v) is 3.53. The van der Waals surface area contributed by atoms with Gasteiger partial charge < -0.3 is 10.6 Å². The SMILES string of the molecule is CNc1cnccc1C(=O)Nc1cnn(C)c1. The monoisotopic (exact) mass is 231 g/mol. The molecule has 88 valence electrons. The zero-order valence-electron chi connectivity index (χ0n) is 9.64. The van der Waals surface area contributed by atoms with E-state index in [-0.39, 0.29) is 5.91 Å². The minimum absolute atomic E-state index is 0.190. The molecule has 0 aliphatic carbocycles. The van der Waals surface area contributed by atoms with Gasteiger partial charge in [0.15, 0.2) is 0 Å². The molecule has 0 saturated heterocycles. The molecule has 6 heteroatoms. The number of aromatic nitrogens is 3. The standard InChI is InChI=1S/C11H13N5O/c1-12-10-6-13-4-3-9(10)11(17)15-8-5-14-16(2)7-8/h3-7,12H,1-2H3,(H,15,17). The van der Waals surface area contributed by atoms with Crippen molar-refractivity contribution in [3.05, 3.63) is 36.4 Å². The molecule has 0 unspecified atom stereocenters. The minimum atomic E-state index is -0.190. The van der Waals surface area contributed by atoms with E-state index >= 15 is 0 Å². The molecule has 0 aliphatic heterocycles. The molecule has 17 heavy (non-hydrogen) atoms. The lowest BCUT2D eigenvalue weighted by Gasteiger charge is -2.07. The molecule has 2 aromatic heterocycles. The Morgan fingerprint density at radius 1 is 1.41 bits per heavy atom. The van der Waals surface area contributed by atoms with Gasteiger partial charge in [0.05, 0.1) is 29.3 Å². The van der Waals surface area contributed by atoms with Crippen LogP contribution in [0.1, 0.15) is 10.4 Å². The number of rotatable bonds is 3. The number of hydrogen-bond acceptors (Lipinski definition) is 4. The molecule has 0 saturated carbocycles. The molecule has 0 fully saturated rings. The molecule has 0 spiro atoms. The number of nitrogens with zero attached hydrogens (tertiary/aromatic N) is 3. The summed E-state index contributed by atoms with van der Waals surface area (Å²) in [7, 11) is 3.54. The average molecular weight is 231 g/mol. The van der Waals surface area contributed by atoms with Crippen LogP contribution in [0, 0.1) is 0 Å². The maximum atomic E-state index is 12.0. The van der Waals surface area contributed by atoms with Crippen LogP contribution in [-0.4, -0.2) is 27.7 Å². The molecule has 0 bridgehead atoms. The van der Waals surface area contributed by atoms with Gasteiger partial charge in [-0.05, 0) is 6.07 Å². The molecule has 2 heterocycles. The van der Waals surface area contributed by atoms with Crippen molar-refractivity contribution in [1.29, 1.82) is 0 Å². The summed E-state index contributed by atoms with van der Waals surface area (Å²) in [5, 5.41) is 9.67. The van der Waals surface area contributed by atoms with Crippen LogP contribution < -0.4 is 10.6 Å². The molecular formula is C11H13N5O. The van der Waals surface area contributed by atoms with Gasteiger partial charge in [-0.3, -0.25) is 14.5 Å². The van der Waals surface area contributed by atoms with E-state index in [9.17, 15) is 4.79 Å². The lowest BCUT2D eigenvalue weighted by atomic mass is 10.2. The molecule has 2 N–H and O–H groups in total. The van der Waals surface area contributed by atoms with Crippen molar-refractivity contribution >= 4 is 17.3 Å². The van der Waals surface area contributed by atoms with Gasteiger partial charge >= 0.3 is 0 Å². The molecule has 2 aromatic rings. The summed E-state index contributed by atoms with van der Waals surface area (Å²) in [6.07, 6.45) is 6.52. The zero-order chi connectivity index (χ0) is 12.3. The topological polar surface area (TPSA) is 71.8 Å². The van der Waals surface area contributed by atoms with Crippen LogP contribution in [0.3, 0.4) is 0 Å². The number of anilines is 2. The Morgan fingerprint density at radius 3 is 2.88 bits per heavy atom. The summed E-state index contributed by atoms with van der Waals surface area (Å²) in [4.78, 5) is 15.9. The van der Waals surface area contributed by atoms with Crippen LogP contribution in [0.2, 0.25) is 0 Å². The Morgan fingerprint density at radius 2 is 2.24 bits per heavy atom. The van der Waals surface area contributed by atoms with E-state index in [4.69, 9.17) is 0 Å². The van der Waals surface area contributed by atoms with E-state index in [0.717, 1.165) is 0 Å². The average Bonchev–Trinajstić information content (AvgIpc) is 2.74. The van der Waals surface area contributed by atoms with Gasteiger partial charge in [-0.1, -0.05) is 0 Å². The molecule has 2 rings (SSSR count). The predicted molar refractivity (Wildman–Crippen MR) is 64.9 cm³/mol. The Hall–Kier alpha value is -2.37. The van der Waals surface area contributed by atoms with Crippen LogP contribution >= 0.6 is 0 Å². The Kier molecular flexibility index (Phi) is 3.04. The second kappa shape index (κ2) is 4.65. The van der Waals surface area contributed by atoms with Gasteiger partial charge in [-0.15, -0.1) is 0 Å². The number of pyridine rings is 1. The van der Waals surface area contributed by atoms with Crippen molar-refractivity contribution in [2.24, 2.45) is 7.05 Å². The van der Waals surface area contributed by atoms with E-state index in [1.54, 1.807) is 49.6 Å². The first kappa shape index (κ1) is 11.1. The van der Waals surface area contributed by atoms with Gasteiger partial charge in [0.1, 0.15) is 0 Å². The van der Waals surface area contributed by atoms with Gasteiger partial charge in [-0.25, -0.2) is 0 Å². The Bertz CT molecular complexity index is 534. The van der Waals surface area contributed by atoms with E-state index in [1.807, 2.05) is 0 Å². The highest BCUT2D eigenvalue weighted by Gasteiger charge is 2.11. The third-order valence-corrected chi connectivity index (χ3v) is 2.30. The van der Waals surface area contributed by atoms with Gasteiger partial charge in [0.25, 0.3) is 5.91 Å². The number of carbonyl (C=O) groups is 1. The van der Waals surface area contributed by atoms with Gasteiger partial charge in [0, 0.05) is 26.5 Å². The van der Waals surface area contributed by atoms with Crippen LogP contribution in [0.5, 0.6) is 0 Å². The summed E-state index contributed by atoms with van der Waals surface area (Å²) in [6, 6.07) is 1.66. The highest BCUT2D eigenvalue weighted by molar-refractivity contribution is 6.07. The van der Waals surface area contributed by atoms with Crippen molar-refractivity contribution in [2.45, 2.75) is 0 Å². The summed E-state index contributed by atoms with van der Waals surface area (Å²) in [5.74, 6) is -0.190. The predicted octanol–water partition coefficient (Wildman–Crippen LogP) is 1.11. The van der Waals surface area contributed by atoms with Crippen LogP contribution in [-0.2, 0) is 7.05 Å². The first-order valence-electron chi connectivity index (χ1n) is 5.12. The van der Waals surface area contributed by atoms with Crippen molar-refractivity contribution in [1.82, 2.24) is 14.8 Å². The normalized spacial score (nSPS) is 10.0. The molecule has 0 aliphatic rings. The van der Waals surface area contributed by atoms with Gasteiger partial charge in [-0.2, -0.15) is 5.10 Å². The number of aryl methyl sites for hydroxylation is 1. The van der Waals surface area contributed by atoms with Gasteiger partial charge in [0.2, 0.25) is 0 Å². The Labute approximate surface area is 98.7 Å². The Balaban J connectivity index is 2.20. The number of nitrogens with one attached hydrogen (secondary N) is 2. The quantitative estimate of drug-likeness (QED) is 0.830. The van der Waals surface area contributed by atoms with Crippen molar-refractivity contribution in [3.63, 3.8) is 0 Å². The maximum absolute atomic E-state index is 12.0. The third-order valence-electron chi connectivity index (χ3n) is 2.30. The van der Waals surface area contributed by atoms with Crippen LogP contribution in [0.4, 0.5) is 11.4 Å². The smallest absolute Gasteiger partial charge is 0.257 e. The summed E-state index contributed by atoms with van der Waals surface area (Å²) >= 11 is 0. The zero-order valence-corrected chi connectivity index (χ0v) is 9.64. The number of hydrogen-bond donors (Lipinski definition) is 2. The highest BCUT2D eigenvalue weighted by atomic mass is 16.1. The third kappa shape index (κ3) is 2.41. The highest BCUT2D eigenvalue weighted by Crippen LogP contribution is 2.14. The lowest BCUT2D eigenvalue weighted by molar-refractivity contribution is 0.102. The largest absolute Gasteiger partial charge is 0.386 e. The molecule has 6 nitrogen and oxygen atoms in total. The van der Waals surface area contributed by atoms with Crippen LogP contribution in [0.25, 0.3) is 0 Å². The first-order valence-corrected chi connectivity index (χ1v) is 5.12. The number of amides is 1. The fraction of sp³-hybridized carbons (Fsp3) is 0.182. The molecule has 1 amide bonds. The van der Waals surface area contributed by atoms with E-state index in [0.29, 0.717) is 16.9 Å². The molecule has 0 atom stereocenters. The fourth-order valence-corrected chi connectivity index (χ4v) is 1.48.